The Labute approximate surface area is 206 Å². The lowest BCUT2D eigenvalue weighted by atomic mass is 9.95. The molecule has 0 saturated carbocycles. The lowest BCUT2D eigenvalue weighted by Gasteiger charge is -2.11. The van der Waals surface area contributed by atoms with Crippen LogP contribution in [0.1, 0.15) is 194 Å². The molecule has 1 radical (unpaired) electrons. The van der Waals surface area contributed by atoms with E-state index in [4.69, 9.17) is 0 Å². The summed E-state index contributed by atoms with van der Waals surface area (Å²) in [5.74, 6) is 0.719. The van der Waals surface area contributed by atoms with Gasteiger partial charge < -0.3 is 0 Å². The maximum Gasteiger partial charge on any atom is -0.0414 e. The monoisotopic (exact) mass is 450 g/mol. The Morgan fingerprint density at radius 3 is 0.719 bits per heavy atom. The summed E-state index contributed by atoms with van der Waals surface area (Å²) in [6, 6.07) is 0. The van der Waals surface area contributed by atoms with E-state index in [2.05, 4.69) is 20.8 Å². The standard InChI is InChI=1S/C32H65/c1-4-6-8-10-12-14-15-16-17-18-19-20-21-22-23-25-27-29-31-32(3)30-28-26-24-13-11-9-7-5-2/h32H,3-31H2,1-2H3. The van der Waals surface area contributed by atoms with Gasteiger partial charge in [0.25, 0.3) is 0 Å². The van der Waals surface area contributed by atoms with E-state index in [0.29, 0.717) is 0 Å². The van der Waals surface area contributed by atoms with Crippen molar-refractivity contribution in [1.29, 1.82) is 0 Å². The van der Waals surface area contributed by atoms with Crippen LogP contribution >= 0.6 is 0 Å². The fourth-order valence-corrected chi connectivity index (χ4v) is 5.05. The largest absolute Gasteiger partial charge is 0.0654 e. The van der Waals surface area contributed by atoms with Crippen molar-refractivity contribution in [3.8, 4) is 0 Å². The van der Waals surface area contributed by atoms with Gasteiger partial charge in [0.1, 0.15) is 0 Å². The zero-order valence-electron chi connectivity index (χ0n) is 23.1. The molecular formula is C32H65. The summed E-state index contributed by atoms with van der Waals surface area (Å²) < 4.78 is 0. The summed E-state index contributed by atoms with van der Waals surface area (Å²) in [6.07, 6.45) is 40.6. The Bertz CT molecular complexity index is 307. The van der Waals surface area contributed by atoms with Gasteiger partial charge in [0.05, 0.1) is 0 Å². The Hall–Kier alpha value is 0. The highest BCUT2D eigenvalue weighted by Gasteiger charge is 2.02. The van der Waals surface area contributed by atoms with Crippen molar-refractivity contribution in [3.05, 3.63) is 6.92 Å². The molecule has 0 fully saturated rings. The molecule has 1 atom stereocenters. The van der Waals surface area contributed by atoms with Crippen molar-refractivity contribution in [2.24, 2.45) is 5.92 Å². The zero-order valence-corrected chi connectivity index (χ0v) is 23.1. The molecule has 0 nitrogen and oxygen atoms in total. The summed E-state index contributed by atoms with van der Waals surface area (Å²) in [7, 11) is 0. The molecule has 0 spiro atoms. The van der Waals surface area contributed by atoms with Crippen LogP contribution in [0.25, 0.3) is 0 Å². The van der Waals surface area contributed by atoms with Crippen LogP contribution < -0.4 is 0 Å². The SMILES string of the molecule is [CH2]C(CCCCCCCCCC)CCCCCCCCCCCCCCCCCCCC. The van der Waals surface area contributed by atoms with E-state index in [-0.39, 0.29) is 0 Å². The molecule has 0 saturated heterocycles. The first-order valence-electron chi connectivity index (χ1n) is 15.6. The van der Waals surface area contributed by atoms with Crippen LogP contribution in [-0.4, -0.2) is 0 Å². The van der Waals surface area contributed by atoms with Crippen LogP contribution in [0, 0.1) is 12.8 Å². The molecule has 0 aliphatic heterocycles. The maximum absolute atomic E-state index is 4.41. The van der Waals surface area contributed by atoms with Gasteiger partial charge in [-0.1, -0.05) is 201 Å². The quantitative estimate of drug-likeness (QED) is 0.104. The lowest BCUT2D eigenvalue weighted by Crippen LogP contribution is -1.95. The van der Waals surface area contributed by atoms with Gasteiger partial charge in [-0.2, -0.15) is 0 Å². The van der Waals surface area contributed by atoms with E-state index >= 15 is 0 Å². The smallest absolute Gasteiger partial charge is 0.0414 e. The highest BCUT2D eigenvalue weighted by Crippen LogP contribution is 2.19. The predicted octanol–water partition coefficient (Wildman–Crippen LogP) is 12.4. The molecule has 0 rings (SSSR count). The van der Waals surface area contributed by atoms with Gasteiger partial charge in [-0.3, -0.25) is 0 Å². The normalized spacial score (nSPS) is 12.5. The third kappa shape index (κ3) is 28.0. The van der Waals surface area contributed by atoms with Crippen molar-refractivity contribution in [3.63, 3.8) is 0 Å². The van der Waals surface area contributed by atoms with E-state index in [1.165, 1.54) is 180 Å². The number of unbranched alkanes of at least 4 members (excludes halogenated alkanes) is 24. The van der Waals surface area contributed by atoms with Gasteiger partial charge in [-0.25, -0.2) is 0 Å². The number of hydrogen-bond donors (Lipinski definition) is 0. The summed E-state index contributed by atoms with van der Waals surface area (Å²) in [5, 5.41) is 0. The molecule has 0 N–H and O–H groups in total. The second-order valence-electron chi connectivity index (χ2n) is 10.9. The minimum atomic E-state index is 0.719. The predicted molar refractivity (Wildman–Crippen MR) is 149 cm³/mol. The maximum atomic E-state index is 4.41. The molecule has 0 heteroatoms. The van der Waals surface area contributed by atoms with Crippen LogP contribution in [-0.2, 0) is 0 Å². The highest BCUT2D eigenvalue weighted by atomic mass is 14.1. The summed E-state index contributed by atoms with van der Waals surface area (Å²) >= 11 is 0. The van der Waals surface area contributed by atoms with Gasteiger partial charge in [-0.15, -0.1) is 0 Å². The Balaban J connectivity index is 3.10. The molecule has 0 aromatic carbocycles. The lowest BCUT2D eigenvalue weighted by molar-refractivity contribution is 0.459. The Kier molecular flexibility index (Phi) is 29.0. The molecule has 0 aliphatic rings. The zero-order chi connectivity index (χ0) is 23.4. The van der Waals surface area contributed by atoms with Gasteiger partial charge in [-0.05, 0) is 5.92 Å². The first kappa shape index (κ1) is 32.0. The van der Waals surface area contributed by atoms with Gasteiger partial charge >= 0.3 is 0 Å². The van der Waals surface area contributed by atoms with E-state index in [1.807, 2.05) is 0 Å². The molecule has 0 heterocycles. The van der Waals surface area contributed by atoms with E-state index in [9.17, 15) is 0 Å². The van der Waals surface area contributed by atoms with Crippen molar-refractivity contribution in [2.75, 3.05) is 0 Å². The minimum absolute atomic E-state index is 0.719. The third-order valence-corrected chi connectivity index (χ3v) is 7.43. The van der Waals surface area contributed by atoms with Crippen LogP contribution in [0.3, 0.4) is 0 Å². The van der Waals surface area contributed by atoms with Crippen molar-refractivity contribution in [1.82, 2.24) is 0 Å². The second kappa shape index (κ2) is 29.0. The average Bonchev–Trinajstić information content (AvgIpc) is 2.80. The van der Waals surface area contributed by atoms with Gasteiger partial charge in [0.2, 0.25) is 0 Å². The van der Waals surface area contributed by atoms with Gasteiger partial charge in [0, 0.05) is 0 Å². The second-order valence-corrected chi connectivity index (χ2v) is 10.9. The topological polar surface area (TPSA) is 0 Å². The number of hydrogen-bond acceptors (Lipinski definition) is 0. The molecule has 1 unspecified atom stereocenters. The molecular weight excluding hydrogens is 384 g/mol. The average molecular weight is 450 g/mol. The summed E-state index contributed by atoms with van der Waals surface area (Å²) in [6.45, 7) is 9.02. The first-order valence-corrected chi connectivity index (χ1v) is 15.6. The Morgan fingerprint density at radius 1 is 0.312 bits per heavy atom. The molecule has 193 valence electrons. The van der Waals surface area contributed by atoms with Gasteiger partial charge in [0.15, 0.2) is 0 Å². The third-order valence-electron chi connectivity index (χ3n) is 7.43. The van der Waals surface area contributed by atoms with E-state index in [0.717, 1.165) is 5.92 Å². The van der Waals surface area contributed by atoms with Crippen LogP contribution in [0.2, 0.25) is 0 Å². The molecule has 0 aromatic rings. The van der Waals surface area contributed by atoms with Crippen LogP contribution in [0.5, 0.6) is 0 Å². The van der Waals surface area contributed by atoms with Crippen molar-refractivity contribution < 1.29 is 0 Å². The molecule has 0 aliphatic carbocycles. The van der Waals surface area contributed by atoms with Crippen LogP contribution in [0.15, 0.2) is 0 Å². The molecule has 0 amide bonds. The highest BCUT2D eigenvalue weighted by molar-refractivity contribution is 4.62. The molecule has 0 aromatic heterocycles. The molecule has 0 bridgehead atoms. The minimum Gasteiger partial charge on any atom is -0.0654 e. The Morgan fingerprint density at radius 2 is 0.500 bits per heavy atom. The number of rotatable bonds is 28. The molecule has 32 heavy (non-hydrogen) atoms. The van der Waals surface area contributed by atoms with E-state index < -0.39 is 0 Å². The summed E-state index contributed by atoms with van der Waals surface area (Å²) in [4.78, 5) is 0. The summed E-state index contributed by atoms with van der Waals surface area (Å²) in [5.41, 5.74) is 0. The van der Waals surface area contributed by atoms with Crippen LogP contribution in [0.4, 0.5) is 0 Å². The van der Waals surface area contributed by atoms with Crippen molar-refractivity contribution >= 4 is 0 Å². The fourth-order valence-electron chi connectivity index (χ4n) is 5.05. The first-order chi connectivity index (χ1) is 15.8. The van der Waals surface area contributed by atoms with E-state index in [1.54, 1.807) is 0 Å². The fraction of sp³-hybridized carbons (Fsp3) is 0.969. The van der Waals surface area contributed by atoms with Crippen molar-refractivity contribution in [2.45, 2.75) is 194 Å².